The van der Waals surface area contributed by atoms with Crippen LogP contribution >= 0.6 is 11.6 Å². The summed E-state index contributed by atoms with van der Waals surface area (Å²) in [5, 5.41) is 3.87. The summed E-state index contributed by atoms with van der Waals surface area (Å²) in [6.45, 7) is 4.66. The number of hydrogen-bond acceptors (Lipinski definition) is 2. The number of ketones is 1. The summed E-state index contributed by atoms with van der Waals surface area (Å²) in [6.07, 6.45) is 1.61. The molecule has 2 aromatic rings. The van der Waals surface area contributed by atoms with Crippen LogP contribution in [0.5, 0.6) is 0 Å². The molecule has 0 saturated carbocycles. The normalized spacial score (nSPS) is 11.3. The van der Waals surface area contributed by atoms with Crippen LogP contribution in [-0.2, 0) is 6.54 Å². The third-order valence-corrected chi connectivity index (χ3v) is 3.42. The van der Waals surface area contributed by atoms with Gasteiger partial charge in [-0.05, 0) is 43.7 Å². The molecule has 0 saturated heterocycles. The van der Waals surface area contributed by atoms with Gasteiger partial charge in [0.25, 0.3) is 0 Å². The van der Waals surface area contributed by atoms with E-state index in [1.807, 2.05) is 6.92 Å². The SMILES string of the molecule is CC(=CC(=O)c1ccc(Cl)cc1)NCc1ccc(C)cc1. The highest BCUT2D eigenvalue weighted by Gasteiger charge is 2.03. The van der Waals surface area contributed by atoms with Gasteiger partial charge in [-0.1, -0.05) is 41.4 Å². The average molecular weight is 300 g/mol. The molecule has 2 aromatic carbocycles. The summed E-state index contributed by atoms with van der Waals surface area (Å²) >= 11 is 5.81. The minimum absolute atomic E-state index is 0.0272. The maximum atomic E-state index is 12.1. The molecule has 2 nitrogen and oxygen atoms in total. The largest absolute Gasteiger partial charge is 0.384 e. The van der Waals surface area contributed by atoms with Crippen molar-refractivity contribution in [1.82, 2.24) is 5.32 Å². The summed E-state index contributed by atoms with van der Waals surface area (Å²) in [5.41, 5.74) is 3.91. The maximum Gasteiger partial charge on any atom is 0.187 e. The lowest BCUT2D eigenvalue weighted by atomic mass is 10.1. The van der Waals surface area contributed by atoms with E-state index in [0.29, 0.717) is 17.1 Å². The van der Waals surface area contributed by atoms with Crippen LogP contribution in [0.15, 0.2) is 60.3 Å². The zero-order chi connectivity index (χ0) is 15.2. The maximum absolute atomic E-state index is 12.1. The van der Waals surface area contributed by atoms with Crippen molar-refractivity contribution in [2.45, 2.75) is 20.4 Å². The Labute approximate surface area is 130 Å². The number of allylic oxidation sites excluding steroid dienone is 2. The Kier molecular flexibility index (Phi) is 5.18. The average Bonchev–Trinajstić information content (AvgIpc) is 2.47. The van der Waals surface area contributed by atoms with Gasteiger partial charge in [-0.25, -0.2) is 0 Å². The summed E-state index contributed by atoms with van der Waals surface area (Å²) in [4.78, 5) is 12.1. The van der Waals surface area contributed by atoms with Crippen LogP contribution < -0.4 is 5.32 Å². The van der Waals surface area contributed by atoms with Crippen molar-refractivity contribution in [2.75, 3.05) is 0 Å². The zero-order valence-corrected chi connectivity index (χ0v) is 12.9. The van der Waals surface area contributed by atoms with E-state index in [9.17, 15) is 4.79 Å². The van der Waals surface area contributed by atoms with Gasteiger partial charge in [-0.2, -0.15) is 0 Å². The third-order valence-electron chi connectivity index (χ3n) is 3.17. The molecule has 3 heteroatoms. The fourth-order valence-corrected chi connectivity index (χ4v) is 2.02. The molecule has 0 aliphatic carbocycles. The molecule has 108 valence electrons. The molecule has 0 aliphatic rings. The number of halogens is 1. The Morgan fingerprint density at radius 3 is 2.33 bits per heavy atom. The summed E-state index contributed by atoms with van der Waals surface area (Å²) < 4.78 is 0. The number of hydrogen-bond donors (Lipinski definition) is 1. The predicted molar refractivity (Wildman–Crippen MR) is 87.6 cm³/mol. The van der Waals surface area contributed by atoms with Crippen molar-refractivity contribution < 1.29 is 4.79 Å². The van der Waals surface area contributed by atoms with Crippen molar-refractivity contribution in [3.05, 3.63) is 82.0 Å². The van der Waals surface area contributed by atoms with Crippen LogP contribution in [0.2, 0.25) is 5.02 Å². The lowest BCUT2D eigenvalue weighted by Crippen LogP contribution is -2.12. The first-order valence-corrected chi connectivity index (χ1v) is 7.20. The molecule has 0 bridgehead atoms. The van der Waals surface area contributed by atoms with Crippen molar-refractivity contribution >= 4 is 17.4 Å². The van der Waals surface area contributed by atoms with E-state index >= 15 is 0 Å². The van der Waals surface area contributed by atoms with Crippen molar-refractivity contribution in [1.29, 1.82) is 0 Å². The first-order valence-electron chi connectivity index (χ1n) is 6.82. The topological polar surface area (TPSA) is 29.1 Å². The van der Waals surface area contributed by atoms with Gasteiger partial charge in [0.2, 0.25) is 0 Å². The van der Waals surface area contributed by atoms with Crippen molar-refractivity contribution in [3.8, 4) is 0 Å². The van der Waals surface area contributed by atoms with Gasteiger partial charge in [-0.3, -0.25) is 4.79 Å². The highest BCUT2D eigenvalue weighted by Crippen LogP contribution is 2.11. The standard InChI is InChI=1S/C18H18ClNO/c1-13-3-5-15(6-4-13)12-20-14(2)11-18(21)16-7-9-17(19)10-8-16/h3-11,20H,12H2,1-2H3. The number of carbonyl (C=O) groups excluding carboxylic acids is 1. The van der Waals surface area contributed by atoms with Crippen LogP contribution in [0.4, 0.5) is 0 Å². The molecule has 0 unspecified atom stereocenters. The minimum Gasteiger partial charge on any atom is -0.384 e. The van der Waals surface area contributed by atoms with E-state index in [0.717, 1.165) is 5.70 Å². The molecule has 0 amide bonds. The fourth-order valence-electron chi connectivity index (χ4n) is 1.89. The van der Waals surface area contributed by atoms with Gasteiger partial charge >= 0.3 is 0 Å². The molecule has 0 spiro atoms. The Morgan fingerprint density at radius 2 is 1.71 bits per heavy atom. The number of nitrogens with one attached hydrogen (secondary N) is 1. The molecule has 2 rings (SSSR count). The first kappa shape index (κ1) is 15.3. The Bertz CT molecular complexity index is 642. The molecule has 0 atom stereocenters. The zero-order valence-electron chi connectivity index (χ0n) is 12.2. The van der Waals surface area contributed by atoms with Gasteiger partial charge in [0, 0.05) is 28.9 Å². The van der Waals surface area contributed by atoms with E-state index < -0.39 is 0 Å². The van der Waals surface area contributed by atoms with Crippen LogP contribution in [0.1, 0.15) is 28.4 Å². The van der Waals surface area contributed by atoms with Gasteiger partial charge in [0.05, 0.1) is 0 Å². The highest BCUT2D eigenvalue weighted by molar-refractivity contribution is 6.30. The molecule has 0 radical (unpaired) electrons. The van der Waals surface area contributed by atoms with Gasteiger partial charge in [0.15, 0.2) is 5.78 Å². The molecular formula is C18H18ClNO. The van der Waals surface area contributed by atoms with Gasteiger partial charge in [-0.15, -0.1) is 0 Å². The molecular weight excluding hydrogens is 282 g/mol. The van der Waals surface area contributed by atoms with Crippen molar-refractivity contribution in [2.24, 2.45) is 0 Å². The Balaban J connectivity index is 1.95. The number of carbonyl (C=O) groups is 1. The smallest absolute Gasteiger partial charge is 0.187 e. The summed E-state index contributed by atoms with van der Waals surface area (Å²) in [6, 6.07) is 15.2. The first-order chi connectivity index (χ1) is 10.0. The molecule has 21 heavy (non-hydrogen) atoms. The second kappa shape index (κ2) is 7.09. The Hall–Kier alpha value is -2.06. The van der Waals surface area contributed by atoms with Crippen LogP contribution in [0, 0.1) is 6.92 Å². The highest BCUT2D eigenvalue weighted by atomic mass is 35.5. The number of aryl methyl sites for hydroxylation is 1. The molecule has 0 aliphatic heterocycles. The van der Waals surface area contributed by atoms with E-state index in [1.54, 1.807) is 30.3 Å². The number of rotatable bonds is 5. The minimum atomic E-state index is -0.0272. The lowest BCUT2D eigenvalue weighted by Gasteiger charge is -2.07. The van der Waals surface area contributed by atoms with E-state index in [2.05, 4.69) is 36.5 Å². The summed E-state index contributed by atoms with van der Waals surface area (Å²) in [7, 11) is 0. The van der Waals surface area contributed by atoms with Gasteiger partial charge < -0.3 is 5.32 Å². The van der Waals surface area contributed by atoms with E-state index in [1.165, 1.54) is 11.1 Å². The molecule has 1 N–H and O–H groups in total. The second-order valence-corrected chi connectivity index (χ2v) is 5.47. The second-order valence-electron chi connectivity index (χ2n) is 5.04. The fraction of sp³-hybridized carbons (Fsp3) is 0.167. The monoisotopic (exact) mass is 299 g/mol. The number of benzene rings is 2. The third kappa shape index (κ3) is 4.76. The molecule has 0 heterocycles. The molecule has 0 aromatic heterocycles. The van der Waals surface area contributed by atoms with Crippen molar-refractivity contribution in [3.63, 3.8) is 0 Å². The Morgan fingerprint density at radius 1 is 1.10 bits per heavy atom. The van der Waals surface area contributed by atoms with E-state index in [4.69, 9.17) is 11.6 Å². The lowest BCUT2D eigenvalue weighted by molar-refractivity contribution is 0.104. The molecule has 0 fully saturated rings. The summed E-state index contributed by atoms with van der Waals surface area (Å²) in [5.74, 6) is -0.0272. The van der Waals surface area contributed by atoms with Crippen LogP contribution in [0.25, 0.3) is 0 Å². The van der Waals surface area contributed by atoms with Crippen LogP contribution in [0.3, 0.4) is 0 Å². The van der Waals surface area contributed by atoms with Gasteiger partial charge in [0.1, 0.15) is 0 Å². The van der Waals surface area contributed by atoms with E-state index in [-0.39, 0.29) is 5.78 Å². The quantitative estimate of drug-likeness (QED) is 0.649. The predicted octanol–water partition coefficient (Wildman–Crippen LogP) is 4.52. The van der Waals surface area contributed by atoms with Crippen LogP contribution in [-0.4, -0.2) is 5.78 Å².